The van der Waals surface area contributed by atoms with Gasteiger partial charge in [-0.05, 0) is 18.9 Å². The minimum Gasteiger partial charge on any atom is -0.379 e. The van der Waals surface area contributed by atoms with Gasteiger partial charge in [0.15, 0.2) is 0 Å². The van der Waals surface area contributed by atoms with Crippen LogP contribution in [0.2, 0.25) is 0 Å². The topological polar surface area (TPSA) is 24.5 Å². The summed E-state index contributed by atoms with van der Waals surface area (Å²) in [5.41, 5.74) is 0. The van der Waals surface area contributed by atoms with Crippen LogP contribution >= 0.6 is 0 Å². The normalized spacial score (nSPS) is 19.1. The molecule has 84 valence electrons. The SMILES string of the molecule is CC(C)CCNCCN1CCOCC1. The van der Waals surface area contributed by atoms with Crippen molar-refractivity contribution in [3.8, 4) is 0 Å². The van der Waals surface area contributed by atoms with Crippen molar-refractivity contribution in [1.29, 1.82) is 0 Å². The van der Waals surface area contributed by atoms with Gasteiger partial charge in [-0.2, -0.15) is 0 Å². The van der Waals surface area contributed by atoms with E-state index >= 15 is 0 Å². The van der Waals surface area contributed by atoms with E-state index in [9.17, 15) is 0 Å². The molecule has 0 saturated carbocycles. The van der Waals surface area contributed by atoms with Crippen molar-refractivity contribution < 1.29 is 4.74 Å². The smallest absolute Gasteiger partial charge is 0.0594 e. The molecule has 1 rings (SSSR count). The molecule has 3 heteroatoms. The molecule has 1 aliphatic rings. The third kappa shape index (κ3) is 5.58. The molecule has 0 atom stereocenters. The standard InChI is InChI=1S/C11H24N2O/c1-11(2)3-4-12-5-6-13-7-9-14-10-8-13/h11-12H,3-10H2,1-2H3. The Bertz CT molecular complexity index is 133. The van der Waals surface area contributed by atoms with Gasteiger partial charge in [0.25, 0.3) is 0 Å². The van der Waals surface area contributed by atoms with Gasteiger partial charge in [0.1, 0.15) is 0 Å². The first kappa shape index (κ1) is 12.0. The van der Waals surface area contributed by atoms with Crippen LogP contribution in [0.25, 0.3) is 0 Å². The van der Waals surface area contributed by atoms with Gasteiger partial charge < -0.3 is 10.1 Å². The molecule has 1 aliphatic heterocycles. The predicted molar refractivity (Wildman–Crippen MR) is 59.6 cm³/mol. The Morgan fingerprint density at radius 2 is 1.93 bits per heavy atom. The van der Waals surface area contributed by atoms with Gasteiger partial charge in [-0.3, -0.25) is 4.90 Å². The Morgan fingerprint density at radius 1 is 1.21 bits per heavy atom. The Morgan fingerprint density at radius 3 is 2.57 bits per heavy atom. The number of rotatable bonds is 6. The van der Waals surface area contributed by atoms with Gasteiger partial charge in [0.05, 0.1) is 13.2 Å². The summed E-state index contributed by atoms with van der Waals surface area (Å²) in [4.78, 5) is 2.46. The average Bonchev–Trinajstić information content (AvgIpc) is 2.18. The maximum Gasteiger partial charge on any atom is 0.0594 e. The fourth-order valence-electron chi connectivity index (χ4n) is 1.58. The fourth-order valence-corrected chi connectivity index (χ4v) is 1.58. The molecule has 0 spiro atoms. The minimum absolute atomic E-state index is 0.811. The van der Waals surface area contributed by atoms with E-state index in [1.165, 1.54) is 13.0 Å². The minimum atomic E-state index is 0.811. The van der Waals surface area contributed by atoms with Crippen LogP contribution in [0.3, 0.4) is 0 Å². The van der Waals surface area contributed by atoms with Gasteiger partial charge in [-0.25, -0.2) is 0 Å². The maximum atomic E-state index is 5.30. The molecule has 1 N–H and O–H groups in total. The highest BCUT2D eigenvalue weighted by Crippen LogP contribution is 1.97. The van der Waals surface area contributed by atoms with Crippen molar-refractivity contribution in [2.75, 3.05) is 45.9 Å². The van der Waals surface area contributed by atoms with Crippen LogP contribution in [0.5, 0.6) is 0 Å². The van der Waals surface area contributed by atoms with Crippen molar-refractivity contribution in [2.24, 2.45) is 5.92 Å². The number of nitrogens with zero attached hydrogens (tertiary/aromatic N) is 1. The second-order valence-corrected chi connectivity index (χ2v) is 4.39. The lowest BCUT2D eigenvalue weighted by Crippen LogP contribution is -2.40. The van der Waals surface area contributed by atoms with E-state index in [1.807, 2.05) is 0 Å². The van der Waals surface area contributed by atoms with Crippen LogP contribution in [-0.2, 0) is 4.74 Å². The second-order valence-electron chi connectivity index (χ2n) is 4.39. The molecule has 0 bridgehead atoms. The highest BCUT2D eigenvalue weighted by Gasteiger charge is 2.08. The lowest BCUT2D eigenvalue weighted by Gasteiger charge is -2.26. The first-order valence-corrected chi connectivity index (χ1v) is 5.80. The summed E-state index contributed by atoms with van der Waals surface area (Å²) in [5, 5.41) is 3.48. The van der Waals surface area contributed by atoms with Crippen LogP contribution in [0, 0.1) is 5.92 Å². The summed E-state index contributed by atoms with van der Waals surface area (Å²) in [6, 6.07) is 0. The lowest BCUT2D eigenvalue weighted by atomic mass is 10.1. The second kappa shape index (κ2) is 7.21. The molecule has 0 aromatic heterocycles. The molecular formula is C11H24N2O. The van der Waals surface area contributed by atoms with Crippen molar-refractivity contribution >= 4 is 0 Å². The van der Waals surface area contributed by atoms with Crippen LogP contribution in [0.1, 0.15) is 20.3 Å². The van der Waals surface area contributed by atoms with E-state index in [4.69, 9.17) is 4.74 Å². The molecule has 0 aromatic carbocycles. The highest BCUT2D eigenvalue weighted by molar-refractivity contribution is 4.63. The van der Waals surface area contributed by atoms with E-state index in [0.29, 0.717) is 0 Å². The Kier molecular flexibility index (Phi) is 6.15. The van der Waals surface area contributed by atoms with E-state index in [-0.39, 0.29) is 0 Å². The van der Waals surface area contributed by atoms with Crippen LogP contribution in [-0.4, -0.2) is 50.8 Å². The molecule has 1 saturated heterocycles. The average molecular weight is 200 g/mol. The molecular weight excluding hydrogens is 176 g/mol. The lowest BCUT2D eigenvalue weighted by molar-refractivity contribution is 0.0384. The molecule has 0 amide bonds. The van der Waals surface area contributed by atoms with Crippen LogP contribution in [0.15, 0.2) is 0 Å². The first-order chi connectivity index (χ1) is 6.79. The summed E-state index contributed by atoms with van der Waals surface area (Å²) >= 11 is 0. The summed E-state index contributed by atoms with van der Waals surface area (Å²) in [7, 11) is 0. The largest absolute Gasteiger partial charge is 0.379 e. The summed E-state index contributed by atoms with van der Waals surface area (Å²) in [6.07, 6.45) is 1.28. The first-order valence-electron chi connectivity index (χ1n) is 5.80. The van der Waals surface area contributed by atoms with E-state index in [2.05, 4.69) is 24.1 Å². The number of morpholine rings is 1. The van der Waals surface area contributed by atoms with Gasteiger partial charge in [0.2, 0.25) is 0 Å². The van der Waals surface area contributed by atoms with E-state index in [1.54, 1.807) is 0 Å². The highest BCUT2D eigenvalue weighted by atomic mass is 16.5. The third-order valence-electron chi connectivity index (χ3n) is 2.61. The van der Waals surface area contributed by atoms with Crippen molar-refractivity contribution in [1.82, 2.24) is 10.2 Å². The third-order valence-corrected chi connectivity index (χ3v) is 2.61. The summed E-state index contributed by atoms with van der Waals surface area (Å²) in [5.74, 6) is 0.811. The molecule has 0 aromatic rings. The van der Waals surface area contributed by atoms with Crippen LogP contribution in [0.4, 0.5) is 0 Å². The van der Waals surface area contributed by atoms with Gasteiger partial charge >= 0.3 is 0 Å². The van der Waals surface area contributed by atoms with Crippen molar-refractivity contribution in [2.45, 2.75) is 20.3 Å². The van der Waals surface area contributed by atoms with Gasteiger partial charge in [-0.1, -0.05) is 13.8 Å². The van der Waals surface area contributed by atoms with E-state index in [0.717, 1.165) is 45.3 Å². The number of nitrogens with one attached hydrogen (secondary N) is 1. The zero-order chi connectivity index (χ0) is 10.2. The van der Waals surface area contributed by atoms with Gasteiger partial charge in [0, 0.05) is 26.2 Å². The zero-order valence-electron chi connectivity index (χ0n) is 9.59. The molecule has 14 heavy (non-hydrogen) atoms. The predicted octanol–water partition coefficient (Wildman–Crippen LogP) is 0.954. The Balaban J connectivity index is 1.87. The number of hydrogen-bond donors (Lipinski definition) is 1. The molecule has 1 heterocycles. The van der Waals surface area contributed by atoms with Crippen LogP contribution < -0.4 is 5.32 Å². The number of ether oxygens (including phenoxy) is 1. The molecule has 1 fully saturated rings. The molecule has 3 nitrogen and oxygen atoms in total. The summed E-state index contributed by atoms with van der Waals surface area (Å²) < 4.78 is 5.30. The summed E-state index contributed by atoms with van der Waals surface area (Å²) in [6.45, 7) is 12.0. The maximum absolute atomic E-state index is 5.30. The monoisotopic (exact) mass is 200 g/mol. The Labute approximate surface area is 87.8 Å². The van der Waals surface area contributed by atoms with Crippen molar-refractivity contribution in [3.63, 3.8) is 0 Å². The van der Waals surface area contributed by atoms with E-state index < -0.39 is 0 Å². The van der Waals surface area contributed by atoms with Crippen molar-refractivity contribution in [3.05, 3.63) is 0 Å². The Hall–Kier alpha value is -0.120. The molecule has 0 aliphatic carbocycles. The number of hydrogen-bond acceptors (Lipinski definition) is 3. The van der Waals surface area contributed by atoms with Gasteiger partial charge in [-0.15, -0.1) is 0 Å². The zero-order valence-corrected chi connectivity index (χ0v) is 9.59. The molecule has 0 unspecified atom stereocenters. The molecule has 0 radical (unpaired) electrons. The fraction of sp³-hybridized carbons (Fsp3) is 1.00. The quantitative estimate of drug-likeness (QED) is 0.646.